The van der Waals surface area contributed by atoms with Gasteiger partial charge in [0, 0.05) is 11.7 Å². The Morgan fingerprint density at radius 2 is 1.67 bits per heavy atom. The zero-order valence-electron chi connectivity index (χ0n) is 11.8. The molecule has 3 rings (SSSR count). The van der Waals surface area contributed by atoms with Gasteiger partial charge in [-0.05, 0) is 37.0 Å². The van der Waals surface area contributed by atoms with Crippen LogP contribution in [0, 0.1) is 0 Å². The Balaban J connectivity index is 1.81. The average molecular weight is 281 g/mol. The van der Waals surface area contributed by atoms with Crippen molar-refractivity contribution in [1.82, 2.24) is 0 Å². The molecule has 0 amide bonds. The molecule has 2 aromatic carbocycles. The van der Waals surface area contributed by atoms with E-state index >= 15 is 0 Å². The van der Waals surface area contributed by atoms with Crippen molar-refractivity contribution in [3.05, 3.63) is 66.2 Å². The molecule has 1 saturated carbocycles. The van der Waals surface area contributed by atoms with Gasteiger partial charge in [0.2, 0.25) is 0 Å². The molecular weight excluding hydrogens is 262 g/mol. The van der Waals surface area contributed by atoms with Crippen LogP contribution in [-0.4, -0.2) is 17.1 Å². The van der Waals surface area contributed by atoms with E-state index in [1.165, 1.54) is 0 Å². The molecule has 2 atom stereocenters. The normalized spacial score (nSPS) is 24.7. The lowest BCUT2D eigenvalue weighted by atomic mass is 9.79. The molecule has 1 aliphatic rings. The lowest BCUT2D eigenvalue weighted by molar-refractivity contribution is -0.143. The molecule has 0 aliphatic heterocycles. The third-order valence-electron chi connectivity index (χ3n) is 4.39. The number of nitrogens with one attached hydrogen (secondary N) is 1. The van der Waals surface area contributed by atoms with Crippen molar-refractivity contribution in [3.63, 3.8) is 0 Å². The number of carboxylic acid groups (broad SMARTS) is 1. The molecule has 0 unspecified atom stereocenters. The molecule has 2 N–H and O–H groups in total. The first-order chi connectivity index (χ1) is 10.2. The Labute approximate surface area is 124 Å². The van der Waals surface area contributed by atoms with E-state index in [9.17, 15) is 9.90 Å². The van der Waals surface area contributed by atoms with Gasteiger partial charge in [0.1, 0.15) is 0 Å². The molecule has 1 aliphatic carbocycles. The summed E-state index contributed by atoms with van der Waals surface area (Å²) in [5.74, 6) is -0.717. The van der Waals surface area contributed by atoms with E-state index in [-0.39, 0.29) is 6.04 Å². The maximum atomic E-state index is 11.9. The van der Waals surface area contributed by atoms with Gasteiger partial charge in [0.15, 0.2) is 0 Å². The predicted molar refractivity (Wildman–Crippen MR) is 83.5 cm³/mol. The Hall–Kier alpha value is -2.29. The number of benzene rings is 2. The summed E-state index contributed by atoms with van der Waals surface area (Å²) in [7, 11) is 0. The third-order valence-corrected chi connectivity index (χ3v) is 4.39. The van der Waals surface area contributed by atoms with Crippen molar-refractivity contribution in [2.75, 3.05) is 5.32 Å². The topological polar surface area (TPSA) is 49.3 Å². The second-order valence-electron chi connectivity index (χ2n) is 5.70. The fourth-order valence-corrected chi connectivity index (χ4v) is 3.28. The molecule has 2 aromatic rings. The van der Waals surface area contributed by atoms with Gasteiger partial charge >= 0.3 is 5.97 Å². The summed E-state index contributed by atoms with van der Waals surface area (Å²) in [6.45, 7) is 0. The van der Waals surface area contributed by atoms with Crippen LogP contribution < -0.4 is 5.32 Å². The maximum absolute atomic E-state index is 11.9. The van der Waals surface area contributed by atoms with Crippen LogP contribution in [0.5, 0.6) is 0 Å². The van der Waals surface area contributed by atoms with Gasteiger partial charge in [-0.15, -0.1) is 0 Å². The van der Waals surface area contributed by atoms with Crippen molar-refractivity contribution in [1.29, 1.82) is 0 Å². The van der Waals surface area contributed by atoms with E-state index in [0.717, 1.165) is 17.7 Å². The minimum absolute atomic E-state index is 0.198. The first kappa shape index (κ1) is 13.7. The van der Waals surface area contributed by atoms with Crippen LogP contribution in [0.4, 0.5) is 5.69 Å². The molecule has 108 valence electrons. The summed E-state index contributed by atoms with van der Waals surface area (Å²) in [6, 6.07) is 19.8. The van der Waals surface area contributed by atoms with Crippen molar-refractivity contribution in [3.8, 4) is 0 Å². The molecule has 3 nitrogen and oxygen atoms in total. The first-order valence-electron chi connectivity index (χ1n) is 7.31. The predicted octanol–water partition coefficient (Wildman–Crippen LogP) is 3.67. The second-order valence-corrected chi connectivity index (χ2v) is 5.70. The minimum atomic E-state index is -0.756. The minimum Gasteiger partial charge on any atom is -0.481 e. The number of rotatable bonds is 4. The highest BCUT2D eigenvalue weighted by Gasteiger charge is 2.46. The van der Waals surface area contributed by atoms with E-state index in [1.807, 2.05) is 60.7 Å². The van der Waals surface area contributed by atoms with Gasteiger partial charge in [-0.25, -0.2) is 0 Å². The lowest BCUT2D eigenvalue weighted by Gasteiger charge is -2.25. The number of hydrogen-bond acceptors (Lipinski definition) is 2. The number of anilines is 1. The zero-order chi connectivity index (χ0) is 14.7. The number of para-hydroxylation sites is 1. The fourth-order valence-electron chi connectivity index (χ4n) is 3.28. The summed E-state index contributed by atoms with van der Waals surface area (Å²) in [5, 5.41) is 13.2. The van der Waals surface area contributed by atoms with Crippen molar-refractivity contribution in [2.45, 2.75) is 30.7 Å². The number of carboxylic acids is 1. The van der Waals surface area contributed by atoms with E-state index in [0.29, 0.717) is 12.8 Å². The van der Waals surface area contributed by atoms with Crippen LogP contribution in [0.15, 0.2) is 60.7 Å². The molecule has 0 heterocycles. The molecule has 3 heteroatoms. The van der Waals surface area contributed by atoms with E-state index in [1.54, 1.807) is 0 Å². The van der Waals surface area contributed by atoms with Gasteiger partial charge in [-0.2, -0.15) is 0 Å². The Morgan fingerprint density at radius 3 is 2.29 bits per heavy atom. The molecule has 0 aromatic heterocycles. The number of hydrogen-bond donors (Lipinski definition) is 2. The van der Waals surface area contributed by atoms with Crippen LogP contribution in [0.3, 0.4) is 0 Å². The van der Waals surface area contributed by atoms with E-state index in [2.05, 4.69) is 5.32 Å². The monoisotopic (exact) mass is 281 g/mol. The highest BCUT2D eigenvalue weighted by molar-refractivity contribution is 5.82. The Kier molecular flexibility index (Phi) is 3.65. The largest absolute Gasteiger partial charge is 0.481 e. The van der Waals surface area contributed by atoms with Crippen LogP contribution in [0.1, 0.15) is 24.8 Å². The smallest absolute Gasteiger partial charge is 0.314 e. The van der Waals surface area contributed by atoms with Crippen LogP contribution in [0.25, 0.3) is 0 Å². The highest BCUT2D eigenvalue weighted by Crippen LogP contribution is 2.42. The van der Waals surface area contributed by atoms with Crippen LogP contribution >= 0.6 is 0 Å². The van der Waals surface area contributed by atoms with Gasteiger partial charge in [0.05, 0.1) is 5.41 Å². The van der Waals surface area contributed by atoms with Gasteiger partial charge in [-0.1, -0.05) is 48.5 Å². The molecule has 0 saturated heterocycles. The molecule has 1 fully saturated rings. The SMILES string of the molecule is O=C(O)[C@]1(c2ccccc2)CC[C@@H](Nc2ccccc2)C1. The summed E-state index contributed by atoms with van der Waals surface area (Å²) in [5.41, 5.74) is 1.21. The van der Waals surface area contributed by atoms with Crippen molar-refractivity contribution < 1.29 is 9.90 Å². The van der Waals surface area contributed by atoms with Crippen LogP contribution in [0.2, 0.25) is 0 Å². The summed E-state index contributed by atoms with van der Waals surface area (Å²) >= 11 is 0. The van der Waals surface area contributed by atoms with Gasteiger partial charge in [-0.3, -0.25) is 4.79 Å². The molecule has 0 spiro atoms. The lowest BCUT2D eigenvalue weighted by Crippen LogP contribution is -2.34. The van der Waals surface area contributed by atoms with Crippen molar-refractivity contribution >= 4 is 11.7 Å². The van der Waals surface area contributed by atoms with E-state index < -0.39 is 11.4 Å². The van der Waals surface area contributed by atoms with Crippen molar-refractivity contribution in [2.24, 2.45) is 0 Å². The van der Waals surface area contributed by atoms with Gasteiger partial charge < -0.3 is 10.4 Å². The summed E-state index contributed by atoms with van der Waals surface area (Å²) < 4.78 is 0. The Morgan fingerprint density at radius 1 is 1.05 bits per heavy atom. The second kappa shape index (κ2) is 5.60. The molecule has 0 bridgehead atoms. The van der Waals surface area contributed by atoms with Gasteiger partial charge in [0.25, 0.3) is 0 Å². The number of aliphatic carboxylic acids is 1. The first-order valence-corrected chi connectivity index (χ1v) is 7.31. The maximum Gasteiger partial charge on any atom is 0.314 e. The Bertz CT molecular complexity index is 612. The number of carbonyl (C=O) groups is 1. The molecule has 21 heavy (non-hydrogen) atoms. The highest BCUT2D eigenvalue weighted by atomic mass is 16.4. The average Bonchev–Trinajstić information content (AvgIpc) is 2.94. The molecule has 0 radical (unpaired) electrons. The quantitative estimate of drug-likeness (QED) is 0.899. The van der Waals surface area contributed by atoms with Crippen LogP contribution in [-0.2, 0) is 10.2 Å². The third kappa shape index (κ3) is 2.64. The van der Waals surface area contributed by atoms with E-state index in [4.69, 9.17) is 0 Å². The zero-order valence-corrected chi connectivity index (χ0v) is 11.8. The summed E-state index contributed by atoms with van der Waals surface area (Å²) in [6.07, 6.45) is 2.17. The fraction of sp³-hybridized carbons (Fsp3) is 0.278. The standard InChI is InChI=1S/C18H19NO2/c20-17(21)18(14-7-3-1-4-8-14)12-11-16(13-18)19-15-9-5-2-6-10-15/h1-10,16,19H,11-13H2,(H,20,21)/t16-,18-/m1/s1. The molecular formula is C18H19NO2. The summed E-state index contributed by atoms with van der Waals surface area (Å²) in [4.78, 5) is 11.9.